The largest absolute Gasteiger partial charge is 0.462 e. The van der Waals surface area contributed by atoms with Crippen LogP contribution in [0.25, 0.3) is 11.0 Å². The molecule has 0 amide bonds. The van der Waals surface area contributed by atoms with Gasteiger partial charge in [0, 0.05) is 13.5 Å². The van der Waals surface area contributed by atoms with Gasteiger partial charge in [0.25, 0.3) is 0 Å². The van der Waals surface area contributed by atoms with Gasteiger partial charge in [-0.2, -0.15) is 0 Å². The van der Waals surface area contributed by atoms with E-state index in [0.717, 1.165) is 23.3 Å². The second-order valence-electron chi connectivity index (χ2n) is 5.17. The van der Waals surface area contributed by atoms with Crippen LogP contribution in [0.5, 0.6) is 0 Å². The maximum absolute atomic E-state index is 11.8. The van der Waals surface area contributed by atoms with Crippen LogP contribution in [0.2, 0.25) is 0 Å². The number of benzene rings is 2. The predicted molar refractivity (Wildman–Crippen MR) is 85.9 cm³/mol. The number of aromatic nitrogens is 2. The normalized spacial score (nSPS) is 10.8. The molecule has 0 N–H and O–H groups in total. The first-order valence-electron chi connectivity index (χ1n) is 7.35. The quantitative estimate of drug-likeness (QED) is 0.693. The third-order valence-electron chi connectivity index (χ3n) is 3.69. The topological polar surface area (TPSA) is 44.1 Å². The van der Waals surface area contributed by atoms with Gasteiger partial charge in [0.05, 0.1) is 23.2 Å². The van der Waals surface area contributed by atoms with E-state index in [2.05, 4.69) is 17.1 Å². The van der Waals surface area contributed by atoms with E-state index in [9.17, 15) is 4.79 Å². The first-order chi connectivity index (χ1) is 10.7. The Balaban J connectivity index is 1.97. The molecule has 0 unspecified atom stereocenters. The van der Waals surface area contributed by atoms with Crippen LogP contribution >= 0.6 is 0 Å². The summed E-state index contributed by atoms with van der Waals surface area (Å²) in [5.74, 6) is 0.678. The number of fused-ring (bicyclic) bond motifs is 1. The highest BCUT2D eigenvalue weighted by atomic mass is 16.5. The molecule has 2 aromatic carbocycles. The molecule has 112 valence electrons. The lowest BCUT2D eigenvalue weighted by atomic mass is 10.1. The molecule has 4 nitrogen and oxygen atoms in total. The number of hydrogen-bond acceptors (Lipinski definition) is 3. The highest BCUT2D eigenvalue weighted by Gasteiger charge is 2.12. The Hall–Kier alpha value is -2.62. The highest BCUT2D eigenvalue weighted by Crippen LogP contribution is 2.19. The van der Waals surface area contributed by atoms with Crippen LogP contribution in [-0.2, 0) is 18.2 Å². The molecule has 3 rings (SSSR count). The minimum Gasteiger partial charge on any atom is -0.462 e. The number of nitrogens with zero attached hydrogens (tertiary/aromatic N) is 2. The summed E-state index contributed by atoms with van der Waals surface area (Å²) in [5.41, 5.74) is 3.60. The third-order valence-corrected chi connectivity index (χ3v) is 3.69. The number of rotatable bonds is 4. The van der Waals surface area contributed by atoms with E-state index in [-0.39, 0.29) is 5.97 Å². The molecule has 3 aromatic rings. The van der Waals surface area contributed by atoms with Crippen LogP contribution < -0.4 is 0 Å². The molecule has 1 heterocycles. The van der Waals surface area contributed by atoms with Crippen LogP contribution in [0, 0.1) is 0 Å². The average Bonchev–Trinajstić information content (AvgIpc) is 2.84. The Labute approximate surface area is 129 Å². The van der Waals surface area contributed by atoms with Crippen molar-refractivity contribution in [1.29, 1.82) is 0 Å². The smallest absolute Gasteiger partial charge is 0.338 e. The van der Waals surface area contributed by atoms with Crippen molar-refractivity contribution in [3.63, 3.8) is 0 Å². The van der Waals surface area contributed by atoms with Crippen LogP contribution in [0.3, 0.4) is 0 Å². The van der Waals surface area contributed by atoms with Gasteiger partial charge in [-0.25, -0.2) is 9.78 Å². The van der Waals surface area contributed by atoms with E-state index in [1.54, 1.807) is 13.0 Å². The van der Waals surface area contributed by atoms with E-state index in [4.69, 9.17) is 4.74 Å². The lowest BCUT2D eigenvalue weighted by Crippen LogP contribution is -2.04. The molecule has 4 heteroatoms. The molecule has 0 radical (unpaired) electrons. The van der Waals surface area contributed by atoms with E-state index >= 15 is 0 Å². The van der Waals surface area contributed by atoms with Gasteiger partial charge in [0.15, 0.2) is 0 Å². The number of ether oxygens (including phenoxy) is 1. The van der Waals surface area contributed by atoms with Gasteiger partial charge in [0.1, 0.15) is 5.82 Å². The number of hydrogen-bond donors (Lipinski definition) is 0. The lowest BCUT2D eigenvalue weighted by molar-refractivity contribution is 0.0526. The van der Waals surface area contributed by atoms with Crippen molar-refractivity contribution in [3.05, 3.63) is 65.5 Å². The SMILES string of the molecule is CCOC(=O)c1ccc2nc(Cc3ccccc3)n(C)c2c1. The standard InChI is InChI=1S/C18H18N2O2/c1-3-22-18(21)14-9-10-15-16(12-14)20(2)17(19-15)11-13-7-5-4-6-8-13/h4-10,12H,3,11H2,1-2H3. The summed E-state index contributed by atoms with van der Waals surface area (Å²) in [6.45, 7) is 2.18. The van der Waals surface area contributed by atoms with Crippen LogP contribution in [0.15, 0.2) is 48.5 Å². The van der Waals surface area contributed by atoms with Gasteiger partial charge >= 0.3 is 5.97 Å². The number of esters is 1. The monoisotopic (exact) mass is 294 g/mol. The Bertz CT molecular complexity index is 807. The zero-order valence-corrected chi connectivity index (χ0v) is 12.7. The molecule has 0 atom stereocenters. The summed E-state index contributed by atoms with van der Waals surface area (Å²) in [4.78, 5) is 16.5. The van der Waals surface area contributed by atoms with Crippen molar-refractivity contribution in [2.24, 2.45) is 7.05 Å². The van der Waals surface area contributed by atoms with E-state index in [1.165, 1.54) is 5.56 Å². The number of carbonyl (C=O) groups excluding carboxylic acids is 1. The zero-order chi connectivity index (χ0) is 15.5. The van der Waals surface area contributed by atoms with Gasteiger partial charge < -0.3 is 9.30 Å². The molecule has 0 fully saturated rings. The van der Waals surface area contributed by atoms with Crippen molar-refractivity contribution in [2.75, 3.05) is 6.61 Å². The van der Waals surface area contributed by atoms with Crippen molar-refractivity contribution in [1.82, 2.24) is 9.55 Å². The first kappa shape index (κ1) is 14.3. The highest BCUT2D eigenvalue weighted by molar-refractivity contribution is 5.93. The molecular weight excluding hydrogens is 276 g/mol. The van der Waals surface area contributed by atoms with Crippen molar-refractivity contribution >= 4 is 17.0 Å². The van der Waals surface area contributed by atoms with Crippen molar-refractivity contribution < 1.29 is 9.53 Å². The Morgan fingerprint density at radius 3 is 2.68 bits per heavy atom. The van der Waals surface area contributed by atoms with Crippen LogP contribution in [0.4, 0.5) is 0 Å². The lowest BCUT2D eigenvalue weighted by Gasteiger charge is -2.04. The summed E-state index contributed by atoms with van der Waals surface area (Å²) >= 11 is 0. The number of carbonyl (C=O) groups is 1. The fourth-order valence-corrected chi connectivity index (χ4v) is 2.52. The molecule has 1 aromatic heterocycles. The molecule has 0 aliphatic rings. The van der Waals surface area contributed by atoms with E-state index in [1.807, 2.05) is 41.9 Å². The Morgan fingerprint density at radius 2 is 1.95 bits per heavy atom. The summed E-state index contributed by atoms with van der Waals surface area (Å²) in [5, 5.41) is 0. The maximum Gasteiger partial charge on any atom is 0.338 e. The van der Waals surface area contributed by atoms with E-state index in [0.29, 0.717) is 12.2 Å². The molecular formula is C18H18N2O2. The number of imidazole rings is 1. The minimum atomic E-state index is -0.296. The molecule has 0 spiro atoms. The number of aryl methyl sites for hydroxylation is 1. The molecule has 0 aliphatic carbocycles. The summed E-state index contributed by atoms with van der Waals surface area (Å²) < 4.78 is 7.08. The van der Waals surface area contributed by atoms with Gasteiger partial charge in [-0.3, -0.25) is 0 Å². The zero-order valence-electron chi connectivity index (χ0n) is 12.7. The molecule has 0 aliphatic heterocycles. The summed E-state index contributed by atoms with van der Waals surface area (Å²) in [6.07, 6.45) is 0.765. The Kier molecular flexibility index (Phi) is 3.92. The van der Waals surface area contributed by atoms with Crippen LogP contribution in [-0.4, -0.2) is 22.1 Å². The minimum absolute atomic E-state index is 0.296. The maximum atomic E-state index is 11.8. The average molecular weight is 294 g/mol. The van der Waals surface area contributed by atoms with Gasteiger partial charge in [-0.1, -0.05) is 30.3 Å². The second-order valence-corrected chi connectivity index (χ2v) is 5.17. The van der Waals surface area contributed by atoms with E-state index < -0.39 is 0 Å². The van der Waals surface area contributed by atoms with Crippen LogP contribution in [0.1, 0.15) is 28.7 Å². The van der Waals surface area contributed by atoms with Gasteiger partial charge in [-0.05, 0) is 30.7 Å². The Morgan fingerprint density at radius 1 is 1.18 bits per heavy atom. The molecule has 0 saturated carbocycles. The van der Waals surface area contributed by atoms with Crippen molar-refractivity contribution in [3.8, 4) is 0 Å². The van der Waals surface area contributed by atoms with Gasteiger partial charge in [0.2, 0.25) is 0 Å². The second kappa shape index (κ2) is 6.02. The van der Waals surface area contributed by atoms with Gasteiger partial charge in [-0.15, -0.1) is 0 Å². The summed E-state index contributed by atoms with van der Waals surface area (Å²) in [6, 6.07) is 15.7. The van der Waals surface area contributed by atoms with Crippen molar-refractivity contribution in [2.45, 2.75) is 13.3 Å². The predicted octanol–water partition coefficient (Wildman–Crippen LogP) is 3.34. The first-order valence-corrected chi connectivity index (χ1v) is 7.35. The molecule has 22 heavy (non-hydrogen) atoms. The fraction of sp³-hybridized carbons (Fsp3) is 0.222. The summed E-state index contributed by atoms with van der Waals surface area (Å²) in [7, 11) is 1.97. The third kappa shape index (κ3) is 2.72. The fourth-order valence-electron chi connectivity index (χ4n) is 2.52. The molecule has 0 saturated heterocycles. The molecule has 0 bridgehead atoms.